The van der Waals surface area contributed by atoms with E-state index in [1.54, 1.807) is 0 Å². The summed E-state index contributed by atoms with van der Waals surface area (Å²) in [6.07, 6.45) is 6.01. The third-order valence-electron chi connectivity index (χ3n) is 10.0. The first-order valence-electron chi connectivity index (χ1n) is 18.7. The first-order chi connectivity index (χ1) is 24.9. The van der Waals surface area contributed by atoms with Crippen LogP contribution in [0.2, 0.25) is 0 Å². The molecule has 0 N–H and O–H groups in total. The standard InChI is InChI=1S/C47H50N4O.Pd/c1-10-11-18-42-46(45-31(4)15-14-16-32(45)5)33(6)49-51(42)36-26-35(47(7,8)9)27-38(28-36)52-37-20-21-40-39-17-12-13-19-41(39)50(43(40)29-37)44-25-34(22-23-48-44)24-30(2)3;/h12-17,19-23,25-27,30H,10-11,18,24H2,1-9H3;/q-2;+2. The number of benzene rings is 4. The van der Waals surface area contributed by atoms with Crippen LogP contribution >= 0.6 is 0 Å². The van der Waals surface area contributed by atoms with Gasteiger partial charge < -0.3 is 9.30 Å². The summed E-state index contributed by atoms with van der Waals surface area (Å²) in [5, 5.41) is 7.48. The number of ether oxygens (including phenoxy) is 1. The van der Waals surface area contributed by atoms with Crippen LogP contribution in [0.3, 0.4) is 0 Å². The van der Waals surface area contributed by atoms with E-state index in [1.165, 1.54) is 33.5 Å². The monoisotopic (exact) mass is 792 g/mol. The Balaban J connectivity index is 0.00000481. The molecule has 0 fully saturated rings. The molecule has 0 amide bonds. The minimum absolute atomic E-state index is 0. The molecule has 0 spiro atoms. The Labute approximate surface area is 329 Å². The number of aromatic nitrogens is 4. The number of nitrogens with zero attached hydrogens (tertiary/aromatic N) is 4. The minimum atomic E-state index is -0.129. The quantitative estimate of drug-likeness (QED) is 0.102. The maximum Gasteiger partial charge on any atom is 2.00 e. The van der Waals surface area contributed by atoms with E-state index >= 15 is 0 Å². The largest absolute Gasteiger partial charge is 2.00 e. The molecular formula is C47H50N4OPd. The van der Waals surface area contributed by atoms with Gasteiger partial charge in [0.1, 0.15) is 5.82 Å². The van der Waals surface area contributed by atoms with Gasteiger partial charge in [0.05, 0.1) is 5.69 Å². The van der Waals surface area contributed by atoms with Gasteiger partial charge in [-0.15, -0.1) is 41.3 Å². The number of hydrogen-bond donors (Lipinski definition) is 0. The summed E-state index contributed by atoms with van der Waals surface area (Å²) in [7, 11) is 0. The Morgan fingerprint density at radius 1 is 0.811 bits per heavy atom. The van der Waals surface area contributed by atoms with Gasteiger partial charge in [-0.2, -0.15) is 11.2 Å². The SMILES string of the molecule is CCCCc1c(-c2c(C)cccc2C)c(C)nn1-c1[c-]c(Oc2[c-]c3c(cc2)c2ccccc2n3-c2cc(CC(C)C)ccn2)cc(C(C)(C)C)c1.[Pd+2]. The van der Waals surface area contributed by atoms with Crippen molar-refractivity contribution in [2.45, 2.75) is 93.4 Å². The molecule has 0 bridgehead atoms. The zero-order valence-corrected chi connectivity index (χ0v) is 34.1. The Morgan fingerprint density at radius 2 is 1.57 bits per heavy atom. The summed E-state index contributed by atoms with van der Waals surface area (Å²) in [4.78, 5) is 4.84. The molecule has 0 aliphatic heterocycles. The van der Waals surface area contributed by atoms with E-state index in [4.69, 9.17) is 14.8 Å². The average molecular weight is 793 g/mol. The number of unbranched alkanes of at least 4 members (excludes halogenated alkanes) is 1. The summed E-state index contributed by atoms with van der Waals surface area (Å²) in [5.74, 6) is 2.70. The molecular weight excluding hydrogens is 743 g/mol. The van der Waals surface area contributed by atoms with Crippen molar-refractivity contribution in [3.8, 4) is 34.1 Å². The van der Waals surface area contributed by atoms with Crippen LogP contribution in [0.1, 0.15) is 88.0 Å². The number of fused-ring (bicyclic) bond motifs is 3. The fraction of sp³-hybridized carbons (Fsp3) is 0.319. The molecule has 274 valence electrons. The van der Waals surface area contributed by atoms with Gasteiger partial charge in [0.2, 0.25) is 0 Å². The summed E-state index contributed by atoms with van der Waals surface area (Å²) in [5.41, 5.74) is 12.5. The van der Waals surface area contributed by atoms with E-state index in [1.807, 2.05) is 12.3 Å². The van der Waals surface area contributed by atoms with Crippen LogP contribution in [0.15, 0.2) is 85.1 Å². The second-order valence-electron chi connectivity index (χ2n) is 15.7. The topological polar surface area (TPSA) is 44.9 Å². The van der Waals surface area contributed by atoms with E-state index < -0.39 is 0 Å². The van der Waals surface area contributed by atoms with Crippen LogP contribution in [-0.2, 0) is 38.7 Å². The smallest absolute Gasteiger partial charge is 0.509 e. The number of hydrogen-bond acceptors (Lipinski definition) is 3. The fourth-order valence-corrected chi connectivity index (χ4v) is 7.49. The Morgan fingerprint density at radius 3 is 2.28 bits per heavy atom. The first kappa shape index (κ1) is 38.2. The Bertz CT molecular complexity index is 2390. The van der Waals surface area contributed by atoms with Crippen LogP contribution in [0.4, 0.5) is 0 Å². The fourth-order valence-electron chi connectivity index (χ4n) is 7.49. The number of aryl methyl sites for hydroxylation is 3. The van der Waals surface area contributed by atoms with E-state index in [-0.39, 0.29) is 25.8 Å². The van der Waals surface area contributed by atoms with Crippen LogP contribution in [0, 0.1) is 38.8 Å². The summed E-state index contributed by atoms with van der Waals surface area (Å²) in [6, 6.07) is 35.2. The molecule has 5 nitrogen and oxygen atoms in total. The molecule has 3 aromatic heterocycles. The molecule has 0 saturated heterocycles. The molecule has 3 heterocycles. The Kier molecular flexibility index (Phi) is 11.2. The molecule has 4 aromatic carbocycles. The molecule has 0 unspecified atom stereocenters. The molecule has 0 aliphatic rings. The predicted octanol–water partition coefficient (Wildman–Crippen LogP) is 12.2. The second kappa shape index (κ2) is 15.5. The van der Waals surface area contributed by atoms with Crippen molar-refractivity contribution in [1.82, 2.24) is 19.3 Å². The first-order valence-corrected chi connectivity index (χ1v) is 18.7. The third kappa shape index (κ3) is 7.63. The van der Waals surface area contributed by atoms with Crippen LogP contribution in [0.5, 0.6) is 11.5 Å². The summed E-state index contributed by atoms with van der Waals surface area (Å²) < 4.78 is 11.1. The van der Waals surface area contributed by atoms with Crippen LogP contribution in [-0.4, -0.2) is 19.3 Å². The zero-order chi connectivity index (χ0) is 36.7. The predicted molar refractivity (Wildman–Crippen MR) is 215 cm³/mol. The van der Waals surface area contributed by atoms with Gasteiger partial charge in [0.25, 0.3) is 0 Å². The maximum atomic E-state index is 6.74. The van der Waals surface area contributed by atoms with Crippen molar-refractivity contribution >= 4 is 21.8 Å². The number of rotatable bonds is 10. The van der Waals surface area contributed by atoms with Gasteiger partial charge in [-0.1, -0.05) is 89.9 Å². The van der Waals surface area contributed by atoms with Crippen molar-refractivity contribution in [3.63, 3.8) is 0 Å². The van der Waals surface area contributed by atoms with Crippen molar-refractivity contribution in [2.24, 2.45) is 5.92 Å². The van der Waals surface area contributed by atoms with Gasteiger partial charge in [0.15, 0.2) is 0 Å². The zero-order valence-electron chi connectivity index (χ0n) is 32.5. The van der Waals surface area contributed by atoms with Crippen molar-refractivity contribution in [3.05, 3.63) is 131 Å². The van der Waals surface area contributed by atoms with E-state index in [9.17, 15) is 0 Å². The molecule has 0 aliphatic carbocycles. The molecule has 53 heavy (non-hydrogen) atoms. The van der Waals surface area contributed by atoms with Gasteiger partial charge in [-0.05, 0) is 103 Å². The maximum absolute atomic E-state index is 6.74. The van der Waals surface area contributed by atoms with E-state index in [0.29, 0.717) is 17.4 Å². The second-order valence-corrected chi connectivity index (χ2v) is 15.7. The molecule has 0 atom stereocenters. The number of para-hydroxylation sites is 1. The van der Waals surface area contributed by atoms with Gasteiger partial charge in [-0.3, -0.25) is 4.68 Å². The van der Waals surface area contributed by atoms with E-state index in [2.05, 4.69) is 156 Å². The van der Waals surface area contributed by atoms with Crippen LogP contribution in [0.25, 0.3) is 44.4 Å². The van der Waals surface area contributed by atoms with Crippen LogP contribution < -0.4 is 4.74 Å². The third-order valence-corrected chi connectivity index (χ3v) is 10.0. The minimum Gasteiger partial charge on any atom is -0.509 e. The molecule has 6 heteroatoms. The van der Waals surface area contributed by atoms with Gasteiger partial charge in [-0.25, -0.2) is 4.98 Å². The average Bonchev–Trinajstić information content (AvgIpc) is 3.60. The molecule has 0 saturated carbocycles. The van der Waals surface area contributed by atoms with Crippen molar-refractivity contribution < 1.29 is 25.2 Å². The number of pyridine rings is 1. The van der Waals surface area contributed by atoms with Gasteiger partial charge >= 0.3 is 20.4 Å². The summed E-state index contributed by atoms with van der Waals surface area (Å²) in [6.45, 7) is 20.0. The molecule has 7 aromatic rings. The van der Waals surface area contributed by atoms with Crippen molar-refractivity contribution in [1.29, 1.82) is 0 Å². The normalized spacial score (nSPS) is 11.8. The summed E-state index contributed by atoms with van der Waals surface area (Å²) >= 11 is 0. The molecule has 0 radical (unpaired) electrons. The van der Waals surface area contributed by atoms with Crippen molar-refractivity contribution in [2.75, 3.05) is 0 Å². The molecule has 7 rings (SSSR count). The Hall–Kier alpha value is -4.50. The van der Waals surface area contributed by atoms with E-state index in [0.717, 1.165) is 70.3 Å². The van der Waals surface area contributed by atoms with Gasteiger partial charge in [0, 0.05) is 34.5 Å².